The van der Waals surface area contributed by atoms with Crippen molar-refractivity contribution in [2.24, 2.45) is 0 Å². The molecule has 0 unspecified atom stereocenters. The number of methoxy groups -OCH3 is 1. The molecular weight excluding hydrogens is 474 g/mol. The number of unbranched alkanes of at least 4 members (excludes halogenated alkanes) is 10. The van der Waals surface area contributed by atoms with Crippen LogP contribution in [-0.2, 0) is 0 Å². The van der Waals surface area contributed by atoms with Crippen LogP contribution in [0, 0.1) is 0 Å². The number of ether oxygens (including phenoxy) is 3. The first kappa shape index (κ1) is 29.4. The van der Waals surface area contributed by atoms with Gasteiger partial charge in [0, 0.05) is 5.56 Å². The van der Waals surface area contributed by atoms with Crippen molar-refractivity contribution < 1.29 is 14.2 Å². The van der Waals surface area contributed by atoms with Gasteiger partial charge in [-0.15, -0.1) is 10.2 Å². The van der Waals surface area contributed by atoms with Gasteiger partial charge in [0.15, 0.2) is 17.2 Å². The molecule has 0 aliphatic carbocycles. The predicted molar refractivity (Wildman–Crippen MR) is 155 cm³/mol. The Kier molecular flexibility index (Phi) is 13.4. The molecule has 1 aromatic heterocycles. The van der Waals surface area contributed by atoms with Crippen LogP contribution >= 0.6 is 0 Å². The third-order valence-corrected chi connectivity index (χ3v) is 6.70. The molecule has 0 bridgehead atoms. The SMILES string of the molecule is CCCCCCCCOc1cccc(-c2nnnc(-c3ccccc3)c2OC)c1OCCCCCCCC. The summed E-state index contributed by atoms with van der Waals surface area (Å²) in [7, 11) is 1.64. The second-order valence-corrected chi connectivity index (χ2v) is 9.75. The van der Waals surface area contributed by atoms with Gasteiger partial charge in [0.05, 0.1) is 25.9 Å². The molecule has 0 saturated carbocycles. The molecule has 0 amide bonds. The number of hydrogen-bond acceptors (Lipinski definition) is 6. The first-order valence-corrected chi connectivity index (χ1v) is 14.5. The smallest absolute Gasteiger partial charge is 0.175 e. The first-order valence-electron chi connectivity index (χ1n) is 14.5. The van der Waals surface area contributed by atoms with E-state index in [0.29, 0.717) is 36.1 Å². The van der Waals surface area contributed by atoms with E-state index in [4.69, 9.17) is 14.2 Å². The Morgan fingerprint density at radius 2 is 1.18 bits per heavy atom. The highest BCUT2D eigenvalue weighted by Gasteiger charge is 2.22. The number of benzene rings is 2. The maximum atomic E-state index is 6.42. The lowest BCUT2D eigenvalue weighted by Crippen LogP contribution is -2.06. The Morgan fingerprint density at radius 3 is 1.84 bits per heavy atom. The number of rotatable bonds is 19. The maximum Gasteiger partial charge on any atom is 0.175 e. The molecule has 0 aliphatic heterocycles. The minimum Gasteiger partial charge on any atom is -0.492 e. The van der Waals surface area contributed by atoms with Crippen LogP contribution in [0.4, 0.5) is 0 Å². The van der Waals surface area contributed by atoms with Crippen molar-refractivity contribution in [2.45, 2.75) is 90.9 Å². The summed E-state index contributed by atoms with van der Waals surface area (Å²) in [5.41, 5.74) is 2.98. The molecule has 38 heavy (non-hydrogen) atoms. The average molecular weight is 520 g/mol. The topological polar surface area (TPSA) is 66.4 Å². The Labute approximate surface area is 229 Å². The molecule has 0 spiro atoms. The molecular formula is C32H45N3O3. The number of nitrogens with zero attached hydrogens (tertiary/aromatic N) is 3. The molecule has 0 saturated heterocycles. The highest BCUT2D eigenvalue weighted by Crippen LogP contribution is 2.43. The largest absolute Gasteiger partial charge is 0.492 e. The summed E-state index contributed by atoms with van der Waals surface area (Å²) in [4.78, 5) is 0. The monoisotopic (exact) mass is 519 g/mol. The molecule has 1 heterocycles. The van der Waals surface area contributed by atoms with Gasteiger partial charge in [0.25, 0.3) is 0 Å². The van der Waals surface area contributed by atoms with Crippen molar-refractivity contribution in [3.05, 3.63) is 48.5 Å². The highest BCUT2D eigenvalue weighted by atomic mass is 16.5. The van der Waals surface area contributed by atoms with Gasteiger partial charge in [-0.1, -0.05) is 114 Å². The van der Waals surface area contributed by atoms with Crippen LogP contribution in [0.1, 0.15) is 90.9 Å². The summed E-state index contributed by atoms with van der Waals surface area (Å²) in [5.74, 6) is 2.01. The van der Waals surface area contributed by atoms with Crippen molar-refractivity contribution in [3.8, 4) is 39.8 Å². The van der Waals surface area contributed by atoms with Gasteiger partial charge in [-0.2, -0.15) is 0 Å². The van der Waals surface area contributed by atoms with Gasteiger partial charge >= 0.3 is 0 Å². The van der Waals surface area contributed by atoms with E-state index in [1.54, 1.807) is 7.11 Å². The zero-order chi connectivity index (χ0) is 26.8. The lowest BCUT2D eigenvalue weighted by Gasteiger charge is -2.18. The van der Waals surface area contributed by atoms with Crippen LogP contribution in [0.15, 0.2) is 48.5 Å². The number of hydrogen-bond donors (Lipinski definition) is 0. The minimum absolute atomic E-state index is 0.573. The molecule has 3 aromatic rings. The van der Waals surface area contributed by atoms with E-state index >= 15 is 0 Å². The van der Waals surface area contributed by atoms with Gasteiger partial charge in [-0.3, -0.25) is 0 Å². The van der Waals surface area contributed by atoms with Gasteiger partial charge in [-0.25, -0.2) is 0 Å². The van der Waals surface area contributed by atoms with E-state index in [0.717, 1.165) is 36.1 Å². The molecule has 0 atom stereocenters. The standard InChI is InChI=1S/C32H45N3O3/c1-4-6-8-10-12-17-24-37-28-23-19-22-27(31(28)38-25-18-13-11-9-7-5-2)30-32(36-3)29(33-35-34-30)26-20-15-14-16-21-26/h14-16,19-23H,4-13,17-18,24-25H2,1-3H3. The quantitative estimate of drug-likeness (QED) is 0.148. The first-order chi connectivity index (χ1) is 18.8. The fourth-order valence-corrected chi connectivity index (χ4v) is 4.56. The summed E-state index contributed by atoms with van der Waals surface area (Å²) < 4.78 is 18.5. The Morgan fingerprint density at radius 1 is 0.579 bits per heavy atom. The van der Waals surface area contributed by atoms with Crippen molar-refractivity contribution in [2.75, 3.05) is 20.3 Å². The Hall–Kier alpha value is -3.15. The number of aromatic nitrogens is 3. The zero-order valence-corrected chi connectivity index (χ0v) is 23.6. The molecule has 3 rings (SSSR count). The molecule has 0 radical (unpaired) electrons. The molecule has 0 fully saturated rings. The van der Waals surface area contributed by atoms with E-state index < -0.39 is 0 Å². The van der Waals surface area contributed by atoms with Crippen LogP contribution in [0.3, 0.4) is 0 Å². The van der Waals surface area contributed by atoms with E-state index in [2.05, 4.69) is 29.3 Å². The van der Waals surface area contributed by atoms with Gasteiger partial charge < -0.3 is 14.2 Å². The summed E-state index contributed by atoms with van der Waals surface area (Å²) in [6.45, 7) is 5.78. The number of para-hydroxylation sites is 1. The average Bonchev–Trinajstić information content (AvgIpc) is 2.96. The third kappa shape index (κ3) is 9.00. The predicted octanol–water partition coefficient (Wildman–Crippen LogP) is 8.69. The van der Waals surface area contributed by atoms with Crippen LogP contribution in [0.2, 0.25) is 0 Å². The molecule has 6 heteroatoms. The Balaban J connectivity index is 1.82. The molecule has 2 aromatic carbocycles. The summed E-state index contributed by atoms with van der Waals surface area (Å²) in [5, 5.41) is 12.8. The molecule has 6 nitrogen and oxygen atoms in total. The van der Waals surface area contributed by atoms with Crippen LogP contribution < -0.4 is 14.2 Å². The van der Waals surface area contributed by atoms with E-state index in [1.807, 2.05) is 48.5 Å². The lowest BCUT2D eigenvalue weighted by atomic mass is 10.1. The van der Waals surface area contributed by atoms with Crippen molar-refractivity contribution >= 4 is 0 Å². The second-order valence-electron chi connectivity index (χ2n) is 9.75. The van der Waals surface area contributed by atoms with E-state index in [1.165, 1.54) is 57.8 Å². The third-order valence-electron chi connectivity index (χ3n) is 6.70. The van der Waals surface area contributed by atoms with Crippen LogP contribution in [0.5, 0.6) is 17.2 Å². The van der Waals surface area contributed by atoms with Gasteiger partial charge in [0.1, 0.15) is 11.4 Å². The summed E-state index contributed by atoms with van der Waals surface area (Å²) in [6.07, 6.45) is 14.6. The van der Waals surface area contributed by atoms with Gasteiger partial charge in [0.2, 0.25) is 0 Å². The molecule has 206 valence electrons. The van der Waals surface area contributed by atoms with Gasteiger partial charge in [-0.05, 0) is 30.2 Å². The second kappa shape index (κ2) is 17.4. The normalized spacial score (nSPS) is 10.9. The fourth-order valence-electron chi connectivity index (χ4n) is 4.56. The summed E-state index contributed by atoms with van der Waals surface area (Å²) >= 11 is 0. The molecule has 0 aliphatic rings. The zero-order valence-electron chi connectivity index (χ0n) is 23.6. The van der Waals surface area contributed by atoms with Crippen molar-refractivity contribution in [1.29, 1.82) is 0 Å². The van der Waals surface area contributed by atoms with Crippen molar-refractivity contribution in [1.82, 2.24) is 15.4 Å². The minimum atomic E-state index is 0.573. The van der Waals surface area contributed by atoms with Crippen molar-refractivity contribution in [3.63, 3.8) is 0 Å². The van der Waals surface area contributed by atoms with Crippen LogP contribution in [0.25, 0.3) is 22.5 Å². The van der Waals surface area contributed by atoms with E-state index in [9.17, 15) is 0 Å². The van der Waals surface area contributed by atoms with E-state index in [-0.39, 0.29) is 0 Å². The highest BCUT2D eigenvalue weighted by molar-refractivity contribution is 5.81. The fraction of sp³-hybridized carbons (Fsp3) is 0.531. The molecule has 0 N–H and O–H groups in total. The lowest BCUT2D eigenvalue weighted by molar-refractivity contribution is 0.259. The van der Waals surface area contributed by atoms with Crippen LogP contribution in [-0.4, -0.2) is 35.7 Å². The Bertz CT molecular complexity index is 1060. The summed E-state index contributed by atoms with van der Waals surface area (Å²) in [6, 6.07) is 15.9. The maximum absolute atomic E-state index is 6.42.